The molecule has 0 spiro atoms. The number of hydrogen-bond donors (Lipinski definition) is 1. The van der Waals surface area contributed by atoms with Crippen molar-refractivity contribution in [1.29, 1.82) is 0 Å². The minimum atomic E-state index is -0.292. The average molecular weight is 363 g/mol. The van der Waals surface area contributed by atoms with Crippen LogP contribution in [0.1, 0.15) is 12.8 Å². The van der Waals surface area contributed by atoms with Gasteiger partial charge < -0.3 is 15.2 Å². The summed E-state index contributed by atoms with van der Waals surface area (Å²) in [4.78, 5) is 38.8. The van der Waals surface area contributed by atoms with Gasteiger partial charge in [0, 0.05) is 29.8 Å². The van der Waals surface area contributed by atoms with Crippen LogP contribution in [0, 0.1) is 5.92 Å². The van der Waals surface area contributed by atoms with Gasteiger partial charge in [0.1, 0.15) is 6.54 Å². The van der Waals surface area contributed by atoms with E-state index >= 15 is 0 Å². The first kappa shape index (κ1) is 17.3. The maximum Gasteiger partial charge on any atom is 0.242 e. The number of rotatable bonds is 3. The first-order chi connectivity index (χ1) is 13.1. The van der Waals surface area contributed by atoms with Gasteiger partial charge in [0.15, 0.2) is 5.43 Å². The van der Waals surface area contributed by atoms with Crippen LogP contribution in [-0.2, 0) is 16.1 Å². The molecule has 1 saturated heterocycles. The topological polar surface area (TPSA) is 85.4 Å². The molecule has 0 saturated carbocycles. The minimum absolute atomic E-state index is 0.0168. The van der Waals surface area contributed by atoms with E-state index in [4.69, 9.17) is 5.73 Å². The molecule has 1 aromatic heterocycles. The van der Waals surface area contributed by atoms with Crippen molar-refractivity contribution in [2.45, 2.75) is 19.4 Å². The Morgan fingerprint density at radius 3 is 1.96 bits per heavy atom. The van der Waals surface area contributed by atoms with E-state index in [9.17, 15) is 14.4 Å². The lowest BCUT2D eigenvalue weighted by molar-refractivity contribution is -0.135. The summed E-state index contributed by atoms with van der Waals surface area (Å²) >= 11 is 0. The normalized spacial score (nSPS) is 15.3. The summed E-state index contributed by atoms with van der Waals surface area (Å²) in [7, 11) is 0. The lowest BCUT2D eigenvalue weighted by Crippen LogP contribution is -2.43. The summed E-state index contributed by atoms with van der Waals surface area (Å²) < 4.78 is 1.91. The highest BCUT2D eigenvalue weighted by molar-refractivity contribution is 5.94. The molecule has 2 heterocycles. The van der Waals surface area contributed by atoms with E-state index in [1.54, 1.807) is 17.0 Å². The number of carbonyl (C=O) groups is 2. The number of likely N-dealkylation sites (tertiary alicyclic amines) is 1. The molecular weight excluding hydrogens is 342 g/mol. The molecule has 0 atom stereocenters. The highest BCUT2D eigenvalue weighted by Gasteiger charge is 2.26. The van der Waals surface area contributed by atoms with Crippen LogP contribution in [0.3, 0.4) is 0 Å². The smallest absolute Gasteiger partial charge is 0.242 e. The molecule has 1 aliphatic heterocycles. The van der Waals surface area contributed by atoms with E-state index in [2.05, 4.69) is 0 Å². The predicted octanol–water partition coefficient (Wildman–Crippen LogP) is 1.88. The van der Waals surface area contributed by atoms with Crippen LogP contribution in [-0.4, -0.2) is 34.4 Å². The fraction of sp³-hybridized carbons (Fsp3) is 0.286. The third-order valence-electron chi connectivity index (χ3n) is 5.42. The fourth-order valence-electron chi connectivity index (χ4n) is 3.90. The molecule has 138 valence electrons. The zero-order valence-corrected chi connectivity index (χ0v) is 14.9. The number of nitrogens with zero attached hydrogens (tertiary/aromatic N) is 2. The monoisotopic (exact) mass is 363 g/mol. The second-order valence-electron chi connectivity index (χ2n) is 7.01. The highest BCUT2D eigenvalue weighted by atomic mass is 16.2. The Bertz CT molecular complexity index is 1030. The van der Waals surface area contributed by atoms with Gasteiger partial charge in [-0.3, -0.25) is 14.4 Å². The lowest BCUT2D eigenvalue weighted by atomic mass is 9.96. The third-order valence-corrected chi connectivity index (χ3v) is 5.42. The van der Waals surface area contributed by atoms with Gasteiger partial charge in [-0.25, -0.2) is 0 Å². The molecule has 0 aliphatic carbocycles. The van der Waals surface area contributed by atoms with Crippen LogP contribution in [0.15, 0.2) is 53.3 Å². The number of amides is 2. The number of fused-ring (bicyclic) bond motifs is 2. The summed E-state index contributed by atoms with van der Waals surface area (Å²) in [5, 5.41) is 1.22. The van der Waals surface area contributed by atoms with Gasteiger partial charge in [-0.05, 0) is 37.1 Å². The Hall–Kier alpha value is -3.15. The van der Waals surface area contributed by atoms with E-state index in [0.29, 0.717) is 36.7 Å². The highest BCUT2D eigenvalue weighted by Crippen LogP contribution is 2.21. The number of piperidine rings is 1. The van der Waals surface area contributed by atoms with Gasteiger partial charge in [0.05, 0.1) is 11.0 Å². The van der Waals surface area contributed by atoms with Crippen molar-refractivity contribution in [3.63, 3.8) is 0 Å². The quantitative estimate of drug-likeness (QED) is 0.721. The van der Waals surface area contributed by atoms with E-state index in [-0.39, 0.29) is 29.7 Å². The van der Waals surface area contributed by atoms with Crippen molar-refractivity contribution in [3.8, 4) is 0 Å². The number of aromatic nitrogens is 1. The zero-order valence-electron chi connectivity index (χ0n) is 14.9. The maximum absolute atomic E-state index is 12.9. The van der Waals surface area contributed by atoms with Crippen LogP contribution in [0.25, 0.3) is 21.8 Å². The standard InChI is InChI=1S/C21H21N3O3/c22-21(27)14-9-11-23(12-10-14)19(25)13-24-17-7-3-1-5-15(17)20(26)16-6-2-4-8-18(16)24/h1-8,14H,9-13H2,(H2,22,27). The predicted molar refractivity (Wildman–Crippen MR) is 104 cm³/mol. The number of para-hydroxylation sites is 2. The van der Waals surface area contributed by atoms with Gasteiger partial charge >= 0.3 is 0 Å². The second kappa shape index (κ2) is 6.87. The summed E-state index contributed by atoms with van der Waals surface area (Å²) in [6, 6.07) is 14.7. The summed E-state index contributed by atoms with van der Waals surface area (Å²) in [5.41, 5.74) is 6.86. The fourth-order valence-corrected chi connectivity index (χ4v) is 3.90. The summed E-state index contributed by atoms with van der Waals surface area (Å²) in [6.45, 7) is 1.22. The maximum atomic E-state index is 12.9. The van der Waals surface area contributed by atoms with Gasteiger partial charge in [0.25, 0.3) is 0 Å². The molecule has 0 unspecified atom stereocenters. The van der Waals surface area contributed by atoms with Gasteiger partial charge in [-0.2, -0.15) is 0 Å². The van der Waals surface area contributed by atoms with Gasteiger partial charge in [-0.1, -0.05) is 24.3 Å². The Kier molecular flexibility index (Phi) is 4.39. The SMILES string of the molecule is NC(=O)C1CCN(C(=O)Cn2c3ccccc3c(=O)c3ccccc32)CC1. The van der Waals surface area contributed by atoms with Crippen molar-refractivity contribution < 1.29 is 9.59 Å². The van der Waals surface area contributed by atoms with Crippen LogP contribution < -0.4 is 11.2 Å². The van der Waals surface area contributed by atoms with E-state index in [1.807, 2.05) is 41.0 Å². The molecule has 1 fully saturated rings. The second-order valence-corrected chi connectivity index (χ2v) is 7.01. The molecule has 1 aliphatic rings. The molecule has 2 amide bonds. The minimum Gasteiger partial charge on any atom is -0.369 e. The lowest BCUT2D eigenvalue weighted by Gasteiger charge is -2.31. The molecule has 0 bridgehead atoms. The average Bonchev–Trinajstić information content (AvgIpc) is 2.71. The Morgan fingerprint density at radius 2 is 1.44 bits per heavy atom. The zero-order chi connectivity index (χ0) is 19.0. The third kappa shape index (κ3) is 3.07. The van der Waals surface area contributed by atoms with Crippen molar-refractivity contribution in [1.82, 2.24) is 9.47 Å². The molecule has 2 aromatic carbocycles. The molecule has 4 rings (SSSR count). The van der Waals surface area contributed by atoms with Crippen LogP contribution in [0.5, 0.6) is 0 Å². The van der Waals surface area contributed by atoms with Crippen molar-refractivity contribution in [2.75, 3.05) is 13.1 Å². The molecule has 0 radical (unpaired) electrons. The summed E-state index contributed by atoms with van der Waals surface area (Å²) in [5.74, 6) is -0.459. The number of nitrogens with two attached hydrogens (primary N) is 1. The number of pyridine rings is 1. The number of benzene rings is 2. The van der Waals surface area contributed by atoms with Crippen LogP contribution >= 0.6 is 0 Å². The Balaban J connectivity index is 1.71. The van der Waals surface area contributed by atoms with E-state index < -0.39 is 0 Å². The molecule has 2 N–H and O–H groups in total. The number of hydrogen-bond acceptors (Lipinski definition) is 3. The first-order valence-corrected chi connectivity index (χ1v) is 9.13. The van der Waals surface area contributed by atoms with Gasteiger partial charge in [0.2, 0.25) is 11.8 Å². The van der Waals surface area contributed by atoms with Crippen molar-refractivity contribution >= 4 is 33.6 Å². The van der Waals surface area contributed by atoms with Crippen molar-refractivity contribution in [3.05, 3.63) is 58.8 Å². The molecule has 6 nitrogen and oxygen atoms in total. The molecule has 6 heteroatoms. The first-order valence-electron chi connectivity index (χ1n) is 9.13. The summed E-state index contributed by atoms with van der Waals surface area (Å²) in [6.07, 6.45) is 1.21. The number of carbonyl (C=O) groups excluding carboxylic acids is 2. The Labute approximate surface area is 156 Å². The molecule has 3 aromatic rings. The van der Waals surface area contributed by atoms with Crippen LogP contribution in [0.2, 0.25) is 0 Å². The van der Waals surface area contributed by atoms with Crippen molar-refractivity contribution in [2.24, 2.45) is 11.7 Å². The van der Waals surface area contributed by atoms with Crippen LogP contribution in [0.4, 0.5) is 0 Å². The van der Waals surface area contributed by atoms with Gasteiger partial charge in [-0.15, -0.1) is 0 Å². The van der Waals surface area contributed by atoms with E-state index in [1.165, 1.54) is 0 Å². The van der Waals surface area contributed by atoms with E-state index in [0.717, 1.165) is 11.0 Å². The number of primary amides is 1. The molecular formula is C21H21N3O3. The Morgan fingerprint density at radius 1 is 0.926 bits per heavy atom. The molecule has 27 heavy (non-hydrogen) atoms. The largest absolute Gasteiger partial charge is 0.369 e.